The first-order valence-electron chi connectivity index (χ1n) is 20.7. The molecular weight excluding hydrogens is 751 g/mol. The van der Waals surface area contributed by atoms with Crippen molar-refractivity contribution in [3.63, 3.8) is 0 Å². The topological polar surface area (TPSA) is 26.2 Å². The van der Waals surface area contributed by atoms with E-state index in [9.17, 15) is 0 Å². The van der Waals surface area contributed by atoms with Gasteiger partial charge < -0.3 is 18.5 Å². The second-order valence-corrected chi connectivity index (χ2v) is 17.2. The minimum absolute atomic E-state index is 0.451. The average Bonchev–Trinajstić information content (AvgIpc) is 4.05. The van der Waals surface area contributed by atoms with Gasteiger partial charge >= 0.3 is 0 Å². The van der Waals surface area contributed by atoms with Crippen molar-refractivity contribution in [1.82, 2.24) is 9.13 Å². The van der Waals surface area contributed by atoms with Crippen LogP contribution < -0.4 is 4.90 Å². The van der Waals surface area contributed by atoms with Gasteiger partial charge in [0.05, 0.1) is 32.3 Å². The van der Waals surface area contributed by atoms with Crippen molar-refractivity contribution in [3.05, 3.63) is 193 Å². The van der Waals surface area contributed by atoms with Gasteiger partial charge in [-0.25, -0.2) is 0 Å². The molecule has 4 heterocycles. The molecule has 0 aliphatic heterocycles. The normalized spacial score (nSPS) is 14.1. The first kappa shape index (κ1) is 33.6. The lowest BCUT2D eigenvalue weighted by molar-refractivity contribution is 0.675. The van der Waals surface area contributed by atoms with Gasteiger partial charge in [0.25, 0.3) is 0 Å². The number of para-hydroxylation sites is 3. The van der Waals surface area contributed by atoms with Crippen molar-refractivity contribution >= 4 is 109 Å². The molecule has 4 nitrogen and oxygen atoms in total. The van der Waals surface area contributed by atoms with Crippen LogP contribution in [0.3, 0.4) is 0 Å². The molecule has 0 saturated heterocycles. The minimum Gasteiger partial charge on any atom is -0.455 e. The Labute approximate surface area is 350 Å². The van der Waals surface area contributed by atoms with Gasteiger partial charge in [-0.2, -0.15) is 0 Å². The van der Waals surface area contributed by atoms with Gasteiger partial charge in [-0.1, -0.05) is 97.9 Å². The number of furan rings is 1. The van der Waals surface area contributed by atoms with Gasteiger partial charge in [-0.05, 0) is 115 Å². The summed E-state index contributed by atoms with van der Waals surface area (Å²) in [5.41, 5.74) is 13.7. The van der Waals surface area contributed by atoms with Gasteiger partial charge in [-0.15, -0.1) is 11.3 Å². The van der Waals surface area contributed by atoms with Gasteiger partial charge in [0.15, 0.2) is 0 Å². The molecule has 12 aromatic rings. The van der Waals surface area contributed by atoms with Crippen molar-refractivity contribution in [2.75, 3.05) is 4.90 Å². The number of benzene rings is 8. The van der Waals surface area contributed by atoms with Crippen LogP contribution in [0.1, 0.15) is 18.2 Å². The fraction of sp³-hybridized carbons (Fsp3) is 0.0545. The minimum atomic E-state index is 0.451. The van der Waals surface area contributed by atoms with Crippen LogP contribution >= 0.6 is 11.3 Å². The molecule has 284 valence electrons. The van der Waals surface area contributed by atoms with E-state index in [1.54, 1.807) is 0 Å². The number of hydrogen-bond donors (Lipinski definition) is 0. The van der Waals surface area contributed by atoms with E-state index in [1.165, 1.54) is 59.1 Å². The predicted octanol–water partition coefficient (Wildman–Crippen LogP) is 15.7. The highest BCUT2D eigenvalue weighted by molar-refractivity contribution is 7.26. The third kappa shape index (κ3) is 4.78. The van der Waals surface area contributed by atoms with Crippen molar-refractivity contribution in [2.24, 2.45) is 5.92 Å². The lowest BCUT2D eigenvalue weighted by Gasteiger charge is -2.26. The maximum absolute atomic E-state index is 7.24. The molecule has 0 bridgehead atoms. The number of hydrogen-bond acceptors (Lipinski definition) is 3. The summed E-state index contributed by atoms with van der Waals surface area (Å²) in [4.78, 5) is 2.40. The zero-order valence-electron chi connectivity index (χ0n) is 32.8. The van der Waals surface area contributed by atoms with Gasteiger partial charge in [0.2, 0.25) is 0 Å². The summed E-state index contributed by atoms with van der Waals surface area (Å²) < 4.78 is 14.6. The Morgan fingerprint density at radius 3 is 1.95 bits per heavy atom. The van der Waals surface area contributed by atoms with Crippen LogP contribution in [0.4, 0.5) is 17.1 Å². The Balaban J connectivity index is 1.00. The Kier molecular flexibility index (Phi) is 7.19. The van der Waals surface area contributed by atoms with Gasteiger partial charge in [-0.3, -0.25) is 0 Å². The average molecular weight is 788 g/mol. The molecule has 60 heavy (non-hydrogen) atoms. The molecule has 0 spiro atoms. The van der Waals surface area contributed by atoms with E-state index in [0.717, 1.165) is 61.8 Å². The number of anilines is 3. The number of allylic oxidation sites excluding steroid dienone is 1. The van der Waals surface area contributed by atoms with E-state index in [-0.39, 0.29) is 0 Å². The van der Waals surface area contributed by atoms with Crippen molar-refractivity contribution < 1.29 is 4.42 Å². The zero-order valence-corrected chi connectivity index (χ0v) is 33.7. The highest BCUT2D eigenvalue weighted by Crippen LogP contribution is 2.47. The molecule has 1 aliphatic rings. The van der Waals surface area contributed by atoms with E-state index < -0.39 is 0 Å². The molecule has 13 rings (SSSR count). The van der Waals surface area contributed by atoms with E-state index in [1.807, 2.05) is 11.3 Å². The second kappa shape index (κ2) is 12.8. The molecule has 4 aromatic heterocycles. The lowest BCUT2D eigenvalue weighted by Crippen LogP contribution is -2.10. The fourth-order valence-corrected chi connectivity index (χ4v) is 11.2. The highest BCUT2D eigenvalue weighted by Gasteiger charge is 2.26. The quantitative estimate of drug-likeness (QED) is 0.174. The van der Waals surface area contributed by atoms with Crippen LogP contribution in [-0.4, -0.2) is 9.13 Å². The first-order valence-corrected chi connectivity index (χ1v) is 21.6. The fourth-order valence-electron chi connectivity index (χ4n) is 10.0. The molecular formula is C55H37N3OS. The summed E-state index contributed by atoms with van der Waals surface area (Å²) in [5.74, 6) is 0.451. The molecule has 0 saturated carbocycles. The molecule has 0 radical (unpaired) electrons. The largest absolute Gasteiger partial charge is 0.455 e. The van der Waals surface area contributed by atoms with Crippen LogP contribution in [0.25, 0.3) is 92.3 Å². The third-order valence-corrected chi connectivity index (χ3v) is 13.9. The Morgan fingerprint density at radius 1 is 0.517 bits per heavy atom. The first-order chi connectivity index (χ1) is 29.7. The van der Waals surface area contributed by atoms with Crippen molar-refractivity contribution in [1.29, 1.82) is 0 Å². The molecule has 0 fully saturated rings. The third-order valence-electron chi connectivity index (χ3n) is 12.6. The predicted molar refractivity (Wildman–Crippen MR) is 254 cm³/mol. The summed E-state index contributed by atoms with van der Waals surface area (Å²) in [6.45, 7) is 2.31. The van der Waals surface area contributed by atoms with Crippen LogP contribution in [0.2, 0.25) is 0 Å². The van der Waals surface area contributed by atoms with E-state index in [2.05, 4.69) is 209 Å². The molecule has 8 aromatic carbocycles. The molecule has 5 heteroatoms. The van der Waals surface area contributed by atoms with E-state index >= 15 is 0 Å². The maximum atomic E-state index is 7.24. The zero-order chi connectivity index (χ0) is 39.5. The summed E-state index contributed by atoms with van der Waals surface area (Å²) in [6, 6.07) is 63.8. The van der Waals surface area contributed by atoms with Crippen molar-refractivity contribution in [3.8, 4) is 11.4 Å². The number of aromatic nitrogens is 2. The standard InChI is InChI=1S/C55H37N3OS/c1-34-23-30-46-44(33-34)52-48(57(46)36-15-6-3-7-16-36)32-29-41-40-28-31-47-51(53(40)59-54(41)52)43-18-8-10-20-45(43)58(47)38-26-24-37(25-27-38)56(35-13-4-2-5-14-35)49-21-12-19-42-39-17-9-11-22-50(39)60-55(42)49/h2-32,34H,33H2,1H3. The van der Waals surface area contributed by atoms with Crippen LogP contribution in [0.15, 0.2) is 186 Å². The molecule has 1 atom stereocenters. The van der Waals surface area contributed by atoms with Crippen LogP contribution in [0.5, 0.6) is 0 Å². The molecule has 0 amide bonds. The number of nitrogens with zero attached hydrogens (tertiary/aromatic N) is 3. The SMILES string of the molecule is CC1C=Cc2c(c3c4oc5c(ccc6c5c5ccccc5n6-c5ccc(N(c6ccccc6)c6cccc7c6sc6ccccc67)cc5)c4ccc3n2-c2ccccc2)C1. The smallest absolute Gasteiger partial charge is 0.145 e. The molecule has 1 unspecified atom stereocenters. The maximum Gasteiger partial charge on any atom is 0.145 e. The number of fused-ring (bicyclic) bond motifs is 14. The number of rotatable bonds is 5. The summed E-state index contributed by atoms with van der Waals surface area (Å²) >= 11 is 1.86. The summed E-state index contributed by atoms with van der Waals surface area (Å²) in [6.07, 6.45) is 5.63. The second-order valence-electron chi connectivity index (χ2n) is 16.1. The monoisotopic (exact) mass is 787 g/mol. The molecule has 1 aliphatic carbocycles. The molecule has 0 N–H and O–H groups in total. The van der Waals surface area contributed by atoms with Gasteiger partial charge in [0, 0.05) is 65.5 Å². The Hall–Kier alpha value is -7.34. The van der Waals surface area contributed by atoms with Crippen LogP contribution in [0, 0.1) is 5.92 Å². The Morgan fingerprint density at radius 2 is 1.15 bits per heavy atom. The highest BCUT2D eigenvalue weighted by atomic mass is 32.1. The Bertz CT molecular complexity index is 3700. The number of thiophene rings is 1. The van der Waals surface area contributed by atoms with Crippen molar-refractivity contribution in [2.45, 2.75) is 13.3 Å². The van der Waals surface area contributed by atoms with E-state index in [0.29, 0.717) is 5.92 Å². The summed E-state index contributed by atoms with van der Waals surface area (Å²) in [5, 5.41) is 8.43. The summed E-state index contributed by atoms with van der Waals surface area (Å²) in [7, 11) is 0. The van der Waals surface area contributed by atoms with Crippen LogP contribution in [-0.2, 0) is 6.42 Å². The van der Waals surface area contributed by atoms with E-state index in [4.69, 9.17) is 4.42 Å². The van der Waals surface area contributed by atoms with Gasteiger partial charge in [0.1, 0.15) is 11.2 Å². The lowest BCUT2D eigenvalue weighted by atomic mass is 9.92.